The Morgan fingerprint density at radius 2 is 1.96 bits per heavy atom. The molecule has 0 unspecified atom stereocenters. The van der Waals surface area contributed by atoms with Gasteiger partial charge in [0.05, 0.1) is 20.2 Å². The molecule has 0 saturated heterocycles. The third-order valence-electron chi connectivity index (χ3n) is 4.22. The van der Waals surface area contributed by atoms with E-state index in [4.69, 9.17) is 4.74 Å². The largest absolute Gasteiger partial charge is 0.497 e. The normalized spacial score (nSPS) is 17.3. The minimum Gasteiger partial charge on any atom is -0.497 e. The lowest BCUT2D eigenvalue weighted by atomic mass is 10.1. The molecule has 0 bridgehead atoms. The van der Waals surface area contributed by atoms with Gasteiger partial charge in [0.1, 0.15) is 17.6 Å². The second kappa shape index (κ2) is 6.60. The molecular formula is C17H23N5O2. The number of hydrogen-bond donors (Lipinski definition) is 0. The average molecular weight is 329 g/mol. The third-order valence-corrected chi connectivity index (χ3v) is 4.22. The quantitative estimate of drug-likeness (QED) is 0.831. The molecule has 3 rings (SSSR count). The summed E-state index contributed by atoms with van der Waals surface area (Å²) >= 11 is 0. The zero-order chi connectivity index (χ0) is 17.3. The van der Waals surface area contributed by atoms with Crippen molar-refractivity contribution in [1.29, 1.82) is 0 Å². The van der Waals surface area contributed by atoms with E-state index in [2.05, 4.69) is 10.2 Å². The number of rotatable bonds is 5. The van der Waals surface area contributed by atoms with E-state index < -0.39 is 0 Å². The first-order chi connectivity index (χ1) is 11.5. The van der Waals surface area contributed by atoms with Gasteiger partial charge in [0.2, 0.25) is 5.91 Å². The van der Waals surface area contributed by atoms with Gasteiger partial charge in [-0.05, 0) is 38.7 Å². The Hall–Kier alpha value is -2.41. The molecule has 1 atom stereocenters. The Balaban J connectivity index is 1.80. The van der Waals surface area contributed by atoms with Gasteiger partial charge in [0, 0.05) is 6.54 Å². The van der Waals surface area contributed by atoms with Crippen LogP contribution in [0.1, 0.15) is 30.2 Å². The number of carbonyl (C=O) groups excluding carboxylic acids is 1. The van der Waals surface area contributed by atoms with Crippen molar-refractivity contribution in [3.63, 3.8) is 0 Å². The predicted octanol–water partition coefficient (Wildman–Crippen LogP) is 1.45. The van der Waals surface area contributed by atoms with Crippen LogP contribution in [0.4, 0.5) is 0 Å². The first kappa shape index (κ1) is 16.4. The van der Waals surface area contributed by atoms with Crippen molar-refractivity contribution in [2.45, 2.75) is 32.6 Å². The standard InChI is InChI=1S/C17H23N5O2/c1-12-17(23)21(9-13-5-7-14(24-4)8-6-13)11-16-19-18-15(22(12)16)10-20(2)3/h5-8,12H,9-11H2,1-4H3/t12-/m0/s1. The molecule has 128 valence electrons. The maximum Gasteiger partial charge on any atom is 0.246 e. The molecule has 1 aliphatic rings. The van der Waals surface area contributed by atoms with Gasteiger partial charge in [-0.15, -0.1) is 10.2 Å². The summed E-state index contributed by atoms with van der Waals surface area (Å²) in [5, 5.41) is 8.55. The van der Waals surface area contributed by atoms with Gasteiger partial charge in [-0.3, -0.25) is 9.36 Å². The maximum absolute atomic E-state index is 12.8. The van der Waals surface area contributed by atoms with Crippen LogP contribution in [0.3, 0.4) is 0 Å². The Bertz CT molecular complexity index is 723. The number of methoxy groups -OCH3 is 1. The molecule has 0 N–H and O–H groups in total. The van der Waals surface area contributed by atoms with Crippen LogP contribution in [0, 0.1) is 0 Å². The van der Waals surface area contributed by atoms with E-state index in [9.17, 15) is 4.79 Å². The van der Waals surface area contributed by atoms with Gasteiger partial charge in [-0.2, -0.15) is 0 Å². The van der Waals surface area contributed by atoms with E-state index in [1.54, 1.807) is 7.11 Å². The minimum absolute atomic E-state index is 0.0955. The van der Waals surface area contributed by atoms with Crippen molar-refractivity contribution >= 4 is 5.91 Å². The molecule has 1 amide bonds. The van der Waals surface area contributed by atoms with Crippen molar-refractivity contribution in [3.8, 4) is 5.75 Å². The van der Waals surface area contributed by atoms with Crippen LogP contribution < -0.4 is 4.74 Å². The molecule has 1 aliphatic heterocycles. The van der Waals surface area contributed by atoms with Gasteiger partial charge in [0.15, 0.2) is 5.82 Å². The lowest BCUT2D eigenvalue weighted by Crippen LogP contribution is -2.42. The van der Waals surface area contributed by atoms with Crippen molar-refractivity contribution in [2.75, 3.05) is 21.2 Å². The van der Waals surface area contributed by atoms with Crippen LogP contribution in [-0.4, -0.2) is 51.7 Å². The summed E-state index contributed by atoms with van der Waals surface area (Å²) in [5.41, 5.74) is 1.07. The highest BCUT2D eigenvalue weighted by Crippen LogP contribution is 2.25. The van der Waals surface area contributed by atoms with E-state index in [1.807, 2.05) is 59.7 Å². The first-order valence-electron chi connectivity index (χ1n) is 7.98. The molecule has 0 aliphatic carbocycles. The van der Waals surface area contributed by atoms with Crippen LogP contribution in [0.5, 0.6) is 5.75 Å². The number of hydrogen-bond acceptors (Lipinski definition) is 5. The van der Waals surface area contributed by atoms with E-state index in [0.29, 0.717) is 19.6 Å². The van der Waals surface area contributed by atoms with Gasteiger partial charge < -0.3 is 14.5 Å². The predicted molar refractivity (Wildman–Crippen MR) is 89.4 cm³/mol. The van der Waals surface area contributed by atoms with E-state index in [1.165, 1.54) is 0 Å². The highest BCUT2D eigenvalue weighted by molar-refractivity contribution is 5.81. The Morgan fingerprint density at radius 1 is 1.25 bits per heavy atom. The van der Waals surface area contributed by atoms with E-state index in [-0.39, 0.29) is 11.9 Å². The number of aromatic nitrogens is 3. The summed E-state index contributed by atoms with van der Waals surface area (Å²) in [4.78, 5) is 16.6. The minimum atomic E-state index is -0.281. The second-order valence-corrected chi connectivity index (χ2v) is 6.36. The van der Waals surface area contributed by atoms with Crippen LogP contribution in [0.2, 0.25) is 0 Å². The summed E-state index contributed by atoms with van der Waals surface area (Å²) in [7, 11) is 5.60. The number of amides is 1. The fourth-order valence-electron chi connectivity index (χ4n) is 3.01. The number of ether oxygens (including phenoxy) is 1. The van der Waals surface area contributed by atoms with Crippen LogP contribution in [0.25, 0.3) is 0 Å². The van der Waals surface area contributed by atoms with Gasteiger partial charge in [-0.25, -0.2) is 0 Å². The number of carbonyl (C=O) groups is 1. The molecule has 7 nitrogen and oxygen atoms in total. The average Bonchev–Trinajstić information content (AvgIpc) is 2.95. The van der Waals surface area contributed by atoms with Crippen LogP contribution in [0.15, 0.2) is 24.3 Å². The Morgan fingerprint density at radius 3 is 2.58 bits per heavy atom. The first-order valence-corrected chi connectivity index (χ1v) is 7.98. The lowest BCUT2D eigenvalue weighted by Gasteiger charge is -2.32. The smallest absolute Gasteiger partial charge is 0.246 e. The summed E-state index contributed by atoms with van der Waals surface area (Å²) in [6.07, 6.45) is 0. The van der Waals surface area contributed by atoms with Gasteiger partial charge >= 0.3 is 0 Å². The highest BCUT2D eigenvalue weighted by atomic mass is 16.5. The van der Waals surface area contributed by atoms with E-state index >= 15 is 0 Å². The molecule has 1 aromatic heterocycles. The summed E-state index contributed by atoms with van der Waals surface area (Å²) < 4.78 is 7.14. The highest BCUT2D eigenvalue weighted by Gasteiger charge is 2.33. The molecule has 2 aromatic rings. The lowest BCUT2D eigenvalue weighted by molar-refractivity contribution is -0.137. The molecule has 0 fully saturated rings. The van der Waals surface area contributed by atoms with Crippen LogP contribution >= 0.6 is 0 Å². The topological polar surface area (TPSA) is 63.5 Å². The molecule has 0 radical (unpaired) electrons. The second-order valence-electron chi connectivity index (χ2n) is 6.36. The fourth-order valence-corrected chi connectivity index (χ4v) is 3.01. The Labute approximate surface area is 141 Å². The van der Waals surface area contributed by atoms with Crippen molar-refractivity contribution in [1.82, 2.24) is 24.6 Å². The molecule has 0 spiro atoms. The number of nitrogens with zero attached hydrogens (tertiary/aromatic N) is 5. The molecular weight excluding hydrogens is 306 g/mol. The van der Waals surface area contributed by atoms with Gasteiger partial charge in [0.25, 0.3) is 0 Å². The summed E-state index contributed by atoms with van der Waals surface area (Å²) in [6.45, 7) is 3.62. The molecule has 24 heavy (non-hydrogen) atoms. The molecule has 1 aromatic carbocycles. The molecule has 7 heteroatoms. The van der Waals surface area contributed by atoms with Crippen molar-refractivity contribution in [2.24, 2.45) is 0 Å². The fraction of sp³-hybridized carbons (Fsp3) is 0.471. The third kappa shape index (κ3) is 3.12. The summed E-state index contributed by atoms with van der Waals surface area (Å²) in [5.74, 6) is 2.58. The summed E-state index contributed by atoms with van der Waals surface area (Å²) in [6, 6.07) is 7.49. The maximum atomic E-state index is 12.8. The van der Waals surface area contributed by atoms with Crippen molar-refractivity contribution in [3.05, 3.63) is 41.5 Å². The zero-order valence-corrected chi connectivity index (χ0v) is 14.6. The molecule has 2 heterocycles. The Kier molecular flexibility index (Phi) is 4.53. The monoisotopic (exact) mass is 329 g/mol. The van der Waals surface area contributed by atoms with Crippen LogP contribution in [-0.2, 0) is 24.4 Å². The zero-order valence-electron chi connectivity index (χ0n) is 14.6. The number of benzene rings is 1. The van der Waals surface area contributed by atoms with Gasteiger partial charge in [-0.1, -0.05) is 12.1 Å². The SMILES string of the molecule is COc1ccc(CN2Cc3nnc(CN(C)C)n3[C@@H](C)C2=O)cc1. The number of fused-ring (bicyclic) bond motifs is 1. The molecule has 0 saturated carbocycles. The van der Waals surface area contributed by atoms with Crippen molar-refractivity contribution < 1.29 is 9.53 Å². The van der Waals surface area contributed by atoms with E-state index in [0.717, 1.165) is 23.0 Å².